The molecule has 0 spiro atoms. The number of nitrogens with one attached hydrogen (secondary N) is 1. The molecule has 0 saturated heterocycles. The Balaban J connectivity index is 1.72. The van der Waals surface area contributed by atoms with Crippen molar-refractivity contribution in [2.75, 3.05) is 12.4 Å². The SMILES string of the molecule is CN(C(=O)O)[C@H]1CC[C@@H](c2ccc(Cl)c(Cl)c2)c2ccc(NC(=O)c3ccccc3)cc21. The largest absolute Gasteiger partial charge is 0.465 e. The molecule has 164 valence electrons. The molecule has 2 atom stereocenters. The molecule has 0 unspecified atom stereocenters. The summed E-state index contributed by atoms with van der Waals surface area (Å²) in [6.45, 7) is 0. The van der Waals surface area contributed by atoms with E-state index >= 15 is 0 Å². The molecule has 3 aromatic carbocycles. The number of nitrogens with zero attached hydrogens (tertiary/aromatic N) is 1. The van der Waals surface area contributed by atoms with Crippen molar-refractivity contribution in [1.82, 2.24) is 4.90 Å². The van der Waals surface area contributed by atoms with E-state index in [1.165, 1.54) is 4.90 Å². The van der Waals surface area contributed by atoms with E-state index in [4.69, 9.17) is 23.2 Å². The molecule has 4 rings (SSSR count). The lowest BCUT2D eigenvalue weighted by molar-refractivity contribution is 0.102. The van der Waals surface area contributed by atoms with Crippen molar-refractivity contribution in [3.05, 3.63) is 99.0 Å². The Morgan fingerprint density at radius 3 is 2.38 bits per heavy atom. The lowest BCUT2D eigenvalue weighted by Crippen LogP contribution is -2.33. The van der Waals surface area contributed by atoms with Crippen LogP contribution < -0.4 is 5.32 Å². The number of rotatable bonds is 4. The fraction of sp³-hybridized carbons (Fsp3) is 0.200. The molecule has 7 heteroatoms. The second-order valence-corrected chi connectivity index (χ2v) is 8.69. The predicted molar refractivity (Wildman–Crippen MR) is 127 cm³/mol. The number of hydrogen-bond acceptors (Lipinski definition) is 2. The predicted octanol–water partition coefficient (Wildman–Crippen LogP) is 6.82. The average Bonchev–Trinajstić information content (AvgIpc) is 2.80. The monoisotopic (exact) mass is 468 g/mol. The second kappa shape index (κ2) is 9.23. The molecular weight excluding hydrogens is 447 g/mol. The molecule has 2 N–H and O–H groups in total. The Labute approximate surface area is 196 Å². The molecule has 0 heterocycles. The third-order valence-electron chi connectivity index (χ3n) is 5.96. The standard InChI is InChI=1S/C25H22Cl2N2O3/c1-29(25(31)32)23-12-10-18(16-7-11-21(26)22(27)13-16)19-9-8-17(14-20(19)23)28-24(30)15-5-3-2-4-6-15/h2-9,11,13-14,18,23H,10,12H2,1H3,(H,28,30)(H,31,32)/t18-,23-/m0/s1. The van der Waals surface area contributed by atoms with Crippen LogP contribution in [0, 0.1) is 0 Å². The number of hydrogen-bond donors (Lipinski definition) is 2. The molecule has 0 fully saturated rings. The van der Waals surface area contributed by atoms with Gasteiger partial charge in [0.1, 0.15) is 0 Å². The molecule has 0 saturated carbocycles. The number of carbonyl (C=O) groups is 2. The van der Waals surface area contributed by atoms with Crippen LogP contribution in [0.5, 0.6) is 0 Å². The third kappa shape index (κ3) is 4.45. The van der Waals surface area contributed by atoms with E-state index in [0.717, 1.165) is 23.1 Å². The van der Waals surface area contributed by atoms with Crippen molar-refractivity contribution in [2.45, 2.75) is 24.8 Å². The van der Waals surface area contributed by atoms with Crippen molar-refractivity contribution >= 4 is 40.9 Å². The highest BCUT2D eigenvalue weighted by atomic mass is 35.5. The second-order valence-electron chi connectivity index (χ2n) is 7.88. The lowest BCUT2D eigenvalue weighted by atomic mass is 9.76. The van der Waals surface area contributed by atoms with Gasteiger partial charge in [0.25, 0.3) is 5.91 Å². The van der Waals surface area contributed by atoms with Crippen LogP contribution in [0.4, 0.5) is 10.5 Å². The van der Waals surface area contributed by atoms with Crippen LogP contribution in [0.15, 0.2) is 66.7 Å². The minimum absolute atomic E-state index is 0.0529. The molecule has 0 aromatic heterocycles. The fourth-order valence-corrected chi connectivity index (χ4v) is 4.60. The quantitative estimate of drug-likeness (QED) is 0.441. The van der Waals surface area contributed by atoms with E-state index in [9.17, 15) is 14.7 Å². The molecule has 5 nitrogen and oxygen atoms in total. The van der Waals surface area contributed by atoms with E-state index in [1.807, 2.05) is 48.5 Å². The Hall–Kier alpha value is -3.02. The Morgan fingerprint density at radius 1 is 0.938 bits per heavy atom. The van der Waals surface area contributed by atoms with Gasteiger partial charge in [0.15, 0.2) is 0 Å². The van der Waals surface area contributed by atoms with Gasteiger partial charge in [-0.3, -0.25) is 4.79 Å². The molecule has 32 heavy (non-hydrogen) atoms. The first-order valence-electron chi connectivity index (χ1n) is 10.3. The van der Waals surface area contributed by atoms with Gasteiger partial charge in [-0.1, -0.05) is 53.5 Å². The van der Waals surface area contributed by atoms with E-state index in [0.29, 0.717) is 27.7 Å². The summed E-state index contributed by atoms with van der Waals surface area (Å²) in [5.41, 5.74) is 4.10. The van der Waals surface area contributed by atoms with Crippen LogP contribution in [0.1, 0.15) is 51.8 Å². The molecule has 0 bridgehead atoms. The topological polar surface area (TPSA) is 69.6 Å². The van der Waals surface area contributed by atoms with Gasteiger partial charge >= 0.3 is 6.09 Å². The number of anilines is 1. The Morgan fingerprint density at radius 2 is 1.69 bits per heavy atom. The summed E-state index contributed by atoms with van der Waals surface area (Å²) < 4.78 is 0. The molecule has 1 aliphatic rings. The first kappa shape index (κ1) is 22.2. The first-order chi connectivity index (χ1) is 15.3. The lowest BCUT2D eigenvalue weighted by Gasteiger charge is -2.36. The number of amides is 2. The zero-order valence-corrected chi connectivity index (χ0v) is 18.9. The molecule has 3 aromatic rings. The van der Waals surface area contributed by atoms with Crippen molar-refractivity contribution in [2.24, 2.45) is 0 Å². The van der Waals surface area contributed by atoms with Gasteiger partial charge in [-0.05, 0) is 65.9 Å². The maximum Gasteiger partial charge on any atom is 0.407 e. The molecule has 1 aliphatic carbocycles. The highest BCUT2D eigenvalue weighted by molar-refractivity contribution is 6.42. The fourth-order valence-electron chi connectivity index (χ4n) is 4.30. The van der Waals surface area contributed by atoms with Crippen LogP contribution in [-0.4, -0.2) is 29.1 Å². The smallest absolute Gasteiger partial charge is 0.407 e. The summed E-state index contributed by atoms with van der Waals surface area (Å²) in [5, 5.41) is 13.5. The maximum absolute atomic E-state index is 12.6. The number of carbonyl (C=O) groups excluding carboxylic acids is 1. The molecule has 0 radical (unpaired) electrons. The summed E-state index contributed by atoms with van der Waals surface area (Å²) in [6, 6.07) is 19.9. The van der Waals surface area contributed by atoms with Crippen LogP contribution in [0.25, 0.3) is 0 Å². The highest BCUT2D eigenvalue weighted by Gasteiger charge is 2.32. The highest BCUT2D eigenvalue weighted by Crippen LogP contribution is 2.45. The van der Waals surface area contributed by atoms with E-state index < -0.39 is 6.09 Å². The Bertz CT molecular complexity index is 1170. The van der Waals surface area contributed by atoms with Crippen molar-refractivity contribution in [3.8, 4) is 0 Å². The normalized spacial score (nSPS) is 17.3. The summed E-state index contributed by atoms with van der Waals surface area (Å²) in [6.07, 6.45) is 0.424. The van der Waals surface area contributed by atoms with Crippen LogP contribution >= 0.6 is 23.2 Å². The van der Waals surface area contributed by atoms with Crippen LogP contribution in [0.2, 0.25) is 10.0 Å². The minimum atomic E-state index is -0.993. The van der Waals surface area contributed by atoms with Gasteiger partial charge in [-0.15, -0.1) is 0 Å². The molecule has 0 aliphatic heterocycles. The summed E-state index contributed by atoms with van der Waals surface area (Å²) in [7, 11) is 1.57. The molecular formula is C25H22Cl2N2O3. The van der Waals surface area contributed by atoms with Gasteiger partial charge in [0, 0.05) is 24.2 Å². The average molecular weight is 469 g/mol. The van der Waals surface area contributed by atoms with Crippen molar-refractivity contribution in [3.63, 3.8) is 0 Å². The minimum Gasteiger partial charge on any atom is -0.465 e. The zero-order valence-electron chi connectivity index (χ0n) is 17.4. The van der Waals surface area contributed by atoms with Gasteiger partial charge in [-0.2, -0.15) is 0 Å². The van der Waals surface area contributed by atoms with Gasteiger partial charge < -0.3 is 15.3 Å². The number of carboxylic acid groups (broad SMARTS) is 1. The Kier molecular flexibility index (Phi) is 6.40. The summed E-state index contributed by atoms with van der Waals surface area (Å²) >= 11 is 12.4. The number of fused-ring (bicyclic) bond motifs is 1. The number of halogens is 2. The zero-order chi connectivity index (χ0) is 22.8. The first-order valence-corrected chi connectivity index (χ1v) is 11.0. The van der Waals surface area contributed by atoms with E-state index in [-0.39, 0.29) is 17.9 Å². The van der Waals surface area contributed by atoms with Gasteiger partial charge in [0.05, 0.1) is 16.1 Å². The molecule has 2 amide bonds. The summed E-state index contributed by atoms with van der Waals surface area (Å²) in [4.78, 5) is 25.7. The van der Waals surface area contributed by atoms with Crippen LogP contribution in [-0.2, 0) is 0 Å². The van der Waals surface area contributed by atoms with Gasteiger partial charge in [0.2, 0.25) is 0 Å². The van der Waals surface area contributed by atoms with E-state index in [2.05, 4.69) is 5.32 Å². The van der Waals surface area contributed by atoms with Crippen molar-refractivity contribution in [1.29, 1.82) is 0 Å². The van der Waals surface area contributed by atoms with Crippen LogP contribution in [0.3, 0.4) is 0 Å². The van der Waals surface area contributed by atoms with Crippen molar-refractivity contribution < 1.29 is 14.7 Å². The third-order valence-corrected chi connectivity index (χ3v) is 6.70. The maximum atomic E-state index is 12.6. The van der Waals surface area contributed by atoms with Gasteiger partial charge in [-0.25, -0.2) is 4.79 Å². The van der Waals surface area contributed by atoms with E-state index in [1.54, 1.807) is 25.2 Å². The summed E-state index contributed by atoms with van der Waals surface area (Å²) in [5.74, 6) is -0.164. The number of benzene rings is 3.